The van der Waals surface area contributed by atoms with Gasteiger partial charge in [-0.05, 0) is 30.6 Å². The van der Waals surface area contributed by atoms with Crippen molar-refractivity contribution in [2.75, 3.05) is 6.61 Å². The van der Waals surface area contributed by atoms with Gasteiger partial charge in [0.15, 0.2) is 0 Å². The van der Waals surface area contributed by atoms with Crippen molar-refractivity contribution in [3.05, 3.63) is 0 Å². The summed E-state index contributed by atoms with van der Waals surface area (Å²) in [6.45, 7) is 9.33. The van der Waals surface area contributed by atoms with Crippen LogP contribution in [0.3, 0.4) is 0 Å². The van der Waals surface area contributed by atoms with Crippen LogP contribution in [-0.2, 0) is 0 Å². The molecule has 0 radical (unpaired) electrons. The molecule has 0 unspecified atom stereocenters. The Balaban J connectivity index is 4.30. The second-order valence-corrected chi connectivity index (χ2v) is 5.01. The van der Waals surface area contributed by atoms with E-state index in [0.717, 1.165) is 18.8 Å². The molecule has 0 heterocycles. The van der Waals surface area contributed by atoms with Crippen molar-refractivity contribution in [1.29, 1.82) is 0 Å². The van der Waals surface area contributed by atoms with E-state index < -0.39 is 0 Å². The zero-order valence-corrected chi connectivity index (χ0v) is 11.2. The third kappa shape index (κ3) is 5.01. The maximum absolute atomic E-state index is 9.56. The van der Waals surface area contributed by atoms with E-state index in [-0.39, 0.29) is 5.41 Å². The summed E-state index contributed by atoms with van der Waals surface area (Å²) < 4.78 is 0. The van der Waals surface area contributed by atoms with E-state index in [1.165, 1.54) is 32.1 Å². The lowest BCUT2D eigenvalue weighted by molar-refractivity contribution is 0.0820. The van der Waals surface area contributed by atoms with Crippen molar-refractivity contribution in [3.8, 4) is 0 Å². The summed E-state index contributed by atoms with van der Waals surface area (Å²) in [5, 5.41) is 9.56. The molecule has 0 amide bonds. The molecule has 1 N–H and O–H groups in total. The highest BCUT2D eigenvalue weighted by Crippen LogP contribution is 2.36. The van der Waals surface area contributed by atoms with Crippen LogP contribution in [0.1, 0.15) is 72.6 Å². The average Bonchev–Trinajstić information content (AvgIpc) is 2.27. The molecule has 92 valence electrons. The molecule has 0 aromatic rings. The normalized spacial score (nSPS) is 12.4. The van der Waals surface area contributed by atoms with E-state index in [2.05, 4.69) is 27.7 Å². The second-order valence-electron chi connectivity index (χ2n) is 5.01. The molecule has 0 spiro atoms. The molecule has 0 saturated heterocycles. The predicted molar refractivity (Wildman–Crippen MR) is 68.0 cm³/mol. The Morgan fingerprint density at radius 3 is 1.67 bits per heavy atom. The van der Waals surface area contributed by atoms with Gasteiger partial charge >= 0.3 is 0 Å². The molecule has 0 rings (SSSR count). The Labute approximate surface area is 96.3 Å². The predicted octanol–water partition coefficient (Wildman–Crippen LogP) is 4.39. The van der Waals surface area contributed by atoms with E-state index in [1.807, 2.05) is 0 Å². The van der Waals surface area contributed by atoms with Crippen molar-refractivity contribution in [2.45, 2.75) is 72.6 Å². The Morgan fingerprint density at radius 2 is 1.40 bits per heavy atom. The molecule has 0 aromatic carbocycles. The summed E-state index contributed by atoms with van der Waals surface area (Å²) in [6.07, 6.45) is 8.66. The van der Waals surface area contributed by atoms with Gasteiger partial charge in [-0.2, -0.15) is 0 Å². The van der Waals surface area contributed by atoms with Gasteiger partial charge in [0, 0.05) is 6.61 Å². The van der Waals surface area contributed by atoms with Crippen molar-refractivity contribution in [3.63, 3.8) is 0 Å². The molecule has 1 nitrogen and oxygen atoms in total. The molecule has 1 heteroatoms. The highest BCUT2D eigenvalue weighted by molar-refractivity contribution is 4.79. The van der Waals surface area contributed by atoms with E-state index >= 15 is 0 Å². The quantitative estimate of drug-likeness (QED) is 0.603. The number of aliphatic hydroxyl groups is 1. The molecule has 15 heavy (non-hydrogen) atoms. The first kappa shape index (κ1) is 15.0. The third-order valence-corrected chi connectivity index (χ3v) is 3.95. The fraction of sp³-hybridized carbons (Fsp3) is 1.00. The fourth-order valence-corrected chi connectivity index (χ4v) is 2.60. The van der Waals surface area contributed by atoms with Crippen LogP contribution in [0.5, 0.6) is 0 Å². The van der Waals surface area contributed by atoms with Gasteiger partial charge in [0.1, 0.15) is 0 Å². The molecular weight excluding hydrogens is 184 g/mol. The van der Waals surface area contributed by atoms with Gasteiger partial charge in [0.05, 0.1) is 0 Å². The molecule has 0 aliphatic carbocycles. The summed E-state index contributed by atoms with van der Waals surface area (Å²) in [5.41, 5.74) is 0.203. The first-order valence-corrected chi connectivity index (χ1v) is 6.78. The standard InChI is InChI=1S/C14H30O/c1-5-9-13(10-6-2)11-14(7-3,8-4)12-15/h13,15H,5-12H2,1-4H3. The van der Waals surface area contributed by atoms with Crippen LogP contribution < -0.4 is 0 Å². The minimum Gasteiger partial charge on any atom is -0.396 e. The maximum Gasteiger partial charge on any atom is 0.0487 e. The molecule has 0 aliphatic rings. The van der Waals surface area contributed by atoms with Crippen LogP contribution in [0.4, 0.5) is 0 Å². The zero-order valence-electron chi connectivity index (χ0n) is 11.2. The maximum atomic E-state index is 9.56. The van der Waals surface area contributed by atoms with Gasteiger partial charge in [-0.15, -0.1) is 0 Å². The van der Waals surface area contributed by atoms with Crippen LogP contribution in [0.2, 0.25) is 0 Å². The van der Waals surface area contributed by atoms with Crippen LogP contribution in [0.15, 0.2) is 0 Å². The molecule has 0 fully saturated rings. The Morgan fingerprint density at radius 1 is 0.933 bits per heavy atom. The lowest BCUT2D eigenvalue weighted by Gasteiger charge is -2.33. The lowest BCUT2D eigenvalue weighted by atomic mass is 9.73. The summed E-state index contributed by atoms with van der Waals surface area (Å²) in [5.74, 6) is 0.826. The number of aliphatic hydroxyl groups excluding tert-OH is 1. The smallest absolute Gasteiger partial charge is 0.0487 e. The Hall–Kier alpha value is -0.0400. The summed E-state index contributed by atoms with van der Waals surface area (Å²) in [6, 6.07) is 0. The molecule has 0 aliphatic heterocycles. The Bertz CT molecular complexity index is 124. The zero-order chi connectivity index (χ0) is 11.7. The minimum absolute atomic E-state index is 0.203. The fourth-order valence-electron chi connectivity index (χ4n) is 2.60. The SMILES string of the molecule is CCCC(CCC)CC(CC)(CC)CO. The van der Waals surface area contributed by atoms with Crippen molar-refractivity contribution in [1.82, 2.24) is 0 Å². The van der Waals surface area contributed by atoms with Crippen LogP contribution >= 0.6 is 0 Å². The summed E-state index contributed by atoms with van der Waals surface area (Å²) >= 11 is 0. The van der Waals surface area contributed by atoms with Crippen LogP contribution in [-0.4, -0.2) is 11.7 Å². The van der Waals surface area contributed by atoms with Crippen LogP contribution in [0, 0.1) is 11.3 Å². The molecule has 0 aromatic heterocycles. The highest BCUT2D eigenvalue weighted by atomic mass is 16.3. The van der Waals surface area contributed by atoms with Gasteiger partial charge in [-0.3, -0.25) is 0 Å². The van der Waals surface area contributed by atoms with Gasteiger partial charge in [-0.25, -0.2) is 0 Å². The van der Waals surface area contributed by atoms with Crippen molar-refractivity contribution < 1.29 is 5.11 Å². The van der Waals surface area contributed by atoms with E-state index in [4.69, 9.17) is 0 Å². The largest absolute Gasteiger partial charge is 0.396 e. The molecule has 0 bridgehead atoms. The monoisotopic (exact) mass is 214 g/mol. The molecule has 0 atom stereocenters. The summed E-state index contributed by atoms with van der Waals surface area (Å²) in [7, 11) is 0. The lowest BCUT2D eigenvalue weighted by Crippen LogP contribution is -2.27. The topological polar surface area (TPSA) is 20.2 Å². The number of rotatable bonds is 9. The van der Waals surface area contributed by atoms with Gasteiger partial charge in [0.25, 0.3) is 0 Å². The molecule has 0 saturated carbocycles. The third-order valence-electron chi connectivity index (χ3n) is 3.95. The average molecular weight is 214 g/mol. The molecular formula is C14H30O. The van der Waals surface area contributed by atoms with E-state index in [9.17, 15) is 5.11 Å². The summed E-state index contributed by atoms with van der Waals surface area (Å²) in [4.78, 5) is 0. The highest BCUT2D eigenvalue weighted by Gasteiger charge is 2.28. The first-order valence-electron chi connectivity index (χ1n) is 6.78. The van der Waals surface area contributed by atoms with E-state index in [0.29, 0.717) is 6.61 Å². The van der Waals surface area contributed by atoms with Crippen molar-refractivity contribution in [2.24, 2.45) is 11.3 Å². The van der Waals surface area contributed by atoms with E-state index in [1.54, 1.807) is 0 Å². The van der Waals surface area contributed by atoms with Crippen molar-refractivity contribution >= 4 is 0 Å². The Kier molecular flexibility index (Phi) is 8.13. The van der Waals surface area contributed by atoms with Gasteiger partial charge in [0.2, 0.25) is 0 Å². The van der Waals surface area contributed by atoms with Crippen LogP contribution in [0.25, 0.3) is 0 Å². The van der Waals surface area contributed by atoms with Gasteiger partial charge in [-0.1, -0.05) is 53.4 Å². The van der Waals surface area contributed by atoms with Gasteiger partial charge < -0.3 is 5.11 Å². The number of hydrogen-bond donors (Lipinski definition) is 1. The number of hydrogen-bond acceptors (Lipinski definition) is 1. The first-order chi connectivity index (χ1) is 7.17. The second kappa shape index (κ2) is 8.15. The minimum atomic E-state index is 0.203.